The Hall–Kier alpha value is -1.55. The van der Waals surface area contributed by atoms with Gasteiger partial charge in [0.25, 0.3) is 0 Å². The van der Waals surface area contributed by atoms with Crippen LogP contribution in [0.2, 0.25) is 0 Å². The van der Waals surface area contributed by atoms with Gasteiger partial charge in [-0.25, -0.2) is 4.39 Å². The SMILES string of the molecule is CN/C=C(\N)c1cc(F)cc(CNC)c1. The van der Waals surface area contributed by atoms with Crippen LogP contribution in [0, 0.1) is 5.82 Å². The highest BCUT2D eigenvalue weighted by atomic mass is 19.1. The fourth-order valence-corrected chi connectivity index (χ4v) is 1.36. The van der Waals surface area contributed by atoms with Crippen LogP contribution < -0.4 is 16.4 Å². The Labute approximate surface area is 89.2 Å². The van der Waals surface area contributed by atoms with Crippen molar-refractivity contribution in [3.05, 3.63) is 41.3 Å². The molecule has 0 aliphatic heterocycles. The Morgan fingerprint density at radius 3 is 2.73 bits per heavy atom. The Balaban J connectivity index is 3.03. The molecule has 0 spiro atoms. The lowest BCUT2D eigenvalue weighted by molar-refractivity contribution is 0.623. The van der Waals surface area contributed by atoms with E-state index in [9.17, 15) is 4.39 Å². The largest absolute Gasteiger partial charge is 0.397 e. The Bertz CT molecular complexity index is 361. The summed E-state index contributed by atoms with van der Waals surface area (Å²) < 4.78 is 13.2. The van der Waals surface area contributed by atoms with Crippen LogP contribution in [-0.2, 0) is 6.54 Å². The molecule has 0 saturated heterocycles. The van der Waals surface area contributed by atoms with Gasteiger partial charge in [-0.1, -0.05) is 0 Å². The second kappa shape index (κ2) is 5.36. The number of nitrogens with two attached hydrogens (primary N) is 1. The first-order chi connectivity index (χ1) is 7.17. The molecule has 4 N–H and O–H groups in total. The summed E-state index contributed by atoms with van der Waals surface area (Å²) >= 11 is 0. The van der Waals surface area contributed by atoms with Gasteiger partial charge in [0.15, 0.2) is 0 Å². The Kier molecular flexibility index (Phi) is 4.12. The van der Waals surface area contributed by atoms with Crippen molar-refractivity contribution in [2.24, 2.45) is 5.73 Å². The van der Waals surface area contributed by atoms with Crippen LogP contribution in [0.25, 0.3) is 5.70 Å². The lowest BCUT2D eigenvalue weighted by Gasteiger charge is -2.06. The van der Waals surface area contributed by atoms with Crippen molar-refractivity contribution < 1.29 is 4.39 Å². The lowest BCUT2D eigenvalue weighted by Crippen LogP contribution is -2.08. The maximum absolute atomic E-state index is 13.2. The molecule has 0 heterocycles. The van der Waals surface area contributed by atoms with Crippen molar-refractivity contribution in [3.8, 4) is 0 Å². The normalized spacial score (nSPS) is 11.5. The van der Waals surface area contributed by atoms with Crippen molar-refractivity contribution in [2.45, 2.75) is 6.54 Å². The molecular weight excluding hydrogens is 193 g/mol. The molecular formula is C11H16FN3. The summed E-state index contributed by atoms with van der Waals surface area (Å²) in [5.41, 5.74) is 7.84. The molecule has 1 aromatic rings. The van der Waals surface area contributed by atoms with Crippen molar-refractivity contribution in [1.82, 2.24) is 10.6 Å². The molecule has 0 radical (unpaired) electrons. The minimum Gasteiger partial charge on any atom is -0.397 e. The van der Waals surface area contributed by atoms with Gasteiger partial charge >= 0.3 is 0 Å². The minimum absolute atomic E-state index is 0.273. The van der Waals surface area contributed by atoms with Gasteiger partial charge in [0.1, 0.15) is 5.82 Å². The standard InChI is InChI=1S/C11H16FN3/c1-14-6-8-3-9(5-10(12)4-8)11(13)7-15-2/h3-5,7,14-15H,6,13H2,1-2H3/b11-7-. The molecule has 1 aromatic carbocycles. The van der Waals surface area contributed by atoms with Crippen LogP contribution in [0.3, 0.4) is 0 Å². The molecule has 0 fully saturated rings. The fourth-order valence-electron chi connectivity index (χ4n) is 1.36. The van der Waals surface area contributed by atoms with Crippen molar-refractivity contribution in [2.75, 3.05) is 14.1 Å². The molecule has 0 saturated carbocycles. The summed E-state index contributed by atoms with van der Waals surface area (Å²) in [4.78, 5) is 0. The molecule has 0 bridgehead atoms. The van der Waals surface area contributed by atoms with E-state index in [1.807, 2.05) is 13.1 Å². The predicted molar refractivity (Wildman–Crippen MR) is 60.4 cm³/mol. The second-order valence-corrected chi connectivity index (χ2v) is 3.27. The third kappa shape index (κ3) is 3.25. The van der Waals surface area contributed by atoms with E-state index in [1.165, 1.54) is 12.1 Å². The second-order valence-electron chi connectivity index (χ2n) is 3.27. The number of hydrogen-bond donors (Lipinski definition) is 3. The first-order valence-corrected chi connectivity index (χ1v) is 4.74. The summed E-state index contributed by atoms with van der Waals surface area (Å²) in [5, 5.41) is 5.78. The smallest absolute Gasteiger partial charge is 0.124 e. The molecule has 0 atom stereocenters. The zero-order chi connectivity index (χ0) is 11.3. The van der Waals surface area contributed by atoms with Gasteiger partial charge in [-0.2, -0.15) is 0 Å². The molecule has 0 unspecified atom stereocenters. The highest BCUT2D eigenvalue weighted by Crippen LogP contribution is 2.13. The summed E-state index contributed by atoms with van der Waals surface area (Å²) in [7, 11) is 3.57. The molecule has 82 valence electrons. The highest BCUT2D eigenvalue weighted by molar-refractivity contribution is 5.62. The summed E-state index contributed by atoms with van der Waals surface area (Å²) in [6.07, 6.45) is 1.64. The third-order valence-corrected chi connectivity index (χ3v) is 1.97. The molecule has 4 heteroatoms. The Morgan fingerprint density at radius 1 is 1.40 bits per heavy atom. The molecule has 0 aromatic heterocycles. The van der Waals surface area contributed by atoms with Gasteiger partial charge in [-0.3, -0.25) is 0 Å². The van der Waals surface area contributed by atoms with E-state index in [2.05, 4.69) is 10.6 Å². The van der Waals surface area contributed by atoms with Crippen LogP contribution in [0.4, 0.5) is 4.39 Å². The molecule has 3 nitrogen and oxygen atoms in total. The van der Waals surface area contributed by atoms with Crippen LogP contribution in [0.1, 0.15) is 11.1 Å². The van der Waals surface area contributed by atoms with Gasteiger partial charge in [0, 0.05) is 25.4 Å². The fraction of sp³-hybridized carbons (Fsp3) is 0.273. The number of rotatable bonds is 4. The van der Waals surface area contributed by atoms with Gasteiger partial charge in [0.2, 0.25) is 0 Å². The van der Waals surface area contributed by atoms with Gasteiger partial charge in [-0.05, 0) is 30.8 Å². The van der Waals surface area contributed by atoms with Crippen LogP contribution in [-0.4, -0.2) is 14.1 Å². The van der Waals surface area contributed by atoms with Gasteiger partial charge in [0.05, 0.1) is 5.70 Å². The quantitative estimate of drug-likeness (QED) is 0.694. The zero-order valence-electron chi connectivity index (χ0n) is 8.97. The first kappa shape index (κ1) is 11.5. The van der Waals surface area contributed by atoms with E-state index in [0.717, 1.165) is 5.56 Å². The van der Waals surface area contributed by atoms with E-state index in [0.29, 0.717) is 17.8 Å². The monoisotopic (exact) mass is 209 g/mol. The van der Waals surface area contributed by atoms with E-state index < -0.39 is 0 Å². The van der Waals surface area contributed by atoms with E-state index in [1.54, 1.807) is 13.2 Å². The van der Waals surface area contributed by atoms with Crippen LogP contribution in [0.15, 0.2) is 24.4 Å². The topological polar surface area (TPSA) is 50.1 Å². The summed E-state index contributed by atoms with van der Waals surface area (Å²) in [6.45, 7) is 0.623. The number of halogens is 1. The number of hydrogen-bond acceptors (Lipinski definition) is 3. The van der Waals surface area contributed by atoms with Crippen molar-refractivity contribution >= 4 is 5.70 Å². The van der Waals surface area contributed by atoms with Gasteiger partial charge < -0.3 is 16.4 Å². The zero-order valence-corrected chi connectivity index (χ0v) is 8.97. The lowest BCUT2D eigenvalue weighted by atomic mass is 10.1. The molecule has 1 rings (SSSR count). The van der Waals surface area contributed by atoms with Gasteiger partial charge in [-0.15, -0.1) is 0 Å². The highest BCUT2D eigenvalue weighted by Gasteiger charge is 2.02. The van der Waals surface area contributed by atoms with Crippen LogP contribution >= 0.6 is 0 Å². The van der Waals surface area contributed by atoms with Crippen molar-refractivity contribution in [3.63, 3.8) is 0 Å². The minimum atomic E-state index is -0.273. The maximum Gasteiger partial charge on any atom is 0.124 e. The van der Waals surface area contributed by atoms with E-state index >= 15 is 0 Å². The maximum atomic E-state index is 13.2. The number of benzene rings is 1. The molecule has 0 aliphatic carbocycles. The van der Waals surface area contributed by atoms with E-state index in [-0.39, 0.29) is 5.82 Å². The third-order valence-electron chi connectivity index (χ3n) is 1.97. The van der Waals surface area contributed by atoms with Crippen LogP contribution in [0.5, 0.6) is 0 Å². The summed E-state index contributed by atoms with van der Waals surface area (Å²) in [6, 6.07) is 4.78. The Morgan fingerprint density at radius 2 is 2.13 bits per heavy atom. The average molecular weight is 209 g/mol. The molecule has 0 amide bonds. The average Bonchev–Trinajstić information content (AvgIpc) is 2.17. The first-order valence-electron chi connectivity index (χ1n) is 4.74. The van der Waals surface area contributed by atoms with E-state index in [4.69, 9.17) is 5.73 Å². The summed E-state index contributed by atoms with van der Waals surface area (Å²) in [5.74, 6) is -0.273. The predicted octanol–water partition coefficient (Wildman–Crippen LogP) is 1.02. The molecule has 15 heavy (non-hydrogen) atoms. The van der Waals surface area contributed by atoms with Crippen molar-refractivity contribution in [1.29, 1.82) is 0 Å². The molecule has 0 aliphatic rings. The number of nitrogens with one attached hydrogen (secondary N) is 2.